The highest BCUT2D eigenvalue weighted by Crippen LogP contribution is 2.27. The lowest BCUT2D eigenvalue weighted by Gasteiger charge is -2.12. The van der Waals surface area contributed by atoms with E-state index in [2.05, 4.69) is 4.98 Å². The van der Waals surface area contributed by atoms with Crippen LogP contribution in [0.3, 0.4) is 0 Å². The molecule has 4 nitrogen and oxygen atoms in total. The minimum atomic E-state index is -0.645. The third kappa shape index (κ3) is 2.55. The van der Waals surface area contributed by atoms with Crippen molar-refractivity contribution in [1.82, 2.24) is 4.98 Å². The molecule has 0 fully saturated rings. The second-order valence-corrected chi connectivity index (χ2v) is 4.41. The van der Waals surface area contributed by atoms with Crippen molar-refractivity contribution in [3.63, 3.8) is 0 Å². The van der Waals surface area contributed by atoms with Crippen molar-refractivity contribution in [3.05, 3.63) is 23.7 Å². The molecule has 0 N–H and O–H groups in total. The summed E-state index contributed by atoms with van der Waals surface area (Å²) >= 11 is 1.61. The van der Waals surface area contributed by atoms with Gasteiger partial charge in [-0.1, -0.05) is 0 Å². The Morgan fingerprint density at radius 2 is 2.35 bits per heavy atom. The van der Waals surface area contributed by atoms with Gasteiger partial charge in [-0.2, -0.15) is 0 Å². The van der Waals surface area contributed by atoms with E-state index in [1.165, 1.54) is 0 Å². The minimum absolute atomic E-state index is 0.350. The highest BCUT2D eigenvalue weighted by atomic mass is 32.1. The monoisotopic (exact) mass is 251 g/mol. The van der Waals surface area contributed by atoms with E-state index >= 15 is 0 Å². The molecule has 0 saturated heterocycles. The maximum Gasteiger partial charge on any atom is 0.347 e. The van der Waals surface area contributed by atoms with Crippen LogP contribution in [0.4, 0.5) is 0 Å². The van der Waals surface area contributed by atoms with Crippen molar-refractivity contribution in [2.24, 2.45) is 0 Å². The molecule has 0 bridgehead atoms. The predicted molar refractivity (Wildman–Crippen MR) is 66.3 cm³/mol. The van der Waals surface area contributed by atoms with Crippen LogP contribution >= 0.6 is 11.3 Å². The predicted octanol–water partition coefficient (Wildman–Crippen LogP) is 2.63. The maximum absolute atomic E-state index is 11.4. The molecule has 0 aromatic carbocycles. The molecule has 2 aromatic heterocycles. The fraction of sp³-hybridized carbons (Fsp3) is 0.333. The summed E-state index contributed by atoms with van der Waals surface area (Å²) < 4.78 is 11.5. The van der Waals surface area contributed by atoms with Gasteiger partial charge in [0.15, 0.2) is 6.10 Å². The summed E-state index contributed by atoms with van der Waals surface area (Å²) in [5.74, 6) is 0.103. The lowest BCUT2D eigenvalue weighted by Crippen LogP contribution is -2.26. The zero-order valence-corrected chi connectivity index (χ0v) is 10.5. The fourth-order valence-corrected chi connectivity index (χ4v) is 2.21. The van der Waals surface area contributed by atoms with E-state index in [0.29, 0.717) is 12.5 Å². The molecule has 0 aliphatic rings. The summed E-state index contributed by atoms with van der Waals surface area (Å²) in [5.41, 5.74) is 0. The second-order valence-electron chi connectivity index (χ2n) is 3.46. The van der Waals surface area contributed by atoms with Crippen LogP contribution in [0.1, 0.15) is 13.8 Å². The van der Waals surface area contributed by atoms with Gasteiger partial charge < -0.3 is 9.47 Å². The first-order valence-corrected chi connectivity index (χ1v) is 6.26. The number of carbonyl (C=O) groups is 1. The molecule has 0 amide bonds. The first-order valence-electron chi connectivity index (χ1n) is 5.38. The Labute approximate surface area is 103 Å². The SMILES string of the molecule is CCOC(=O)C(C)Oc1nccc2sccc12. The van der Waals surface area contributed by atoms with Gasteiger partial charge in [-0.25, -0.2) is 9.78 Å². The van der Waals surface area contributed by atoms with Crippen LogP contribution < -0.4 is 4.74 Å². The van der Waals surface area contributed by atoms with E-state index in [1.807, 2.05) is 17.5 Å². The highest BCUT2D eigenvalue weighted by molar-refractivity contribution is 7.17. The molecule has 5 heteroatoms. The van der Waals surface area contributed by atoms with Crippen LogP contribution in [0.5, 0.6) is 5.88 Å². The smallest absolute Gasteiger partial charge is 0.347 e. The first-order chi connectivity index (χ1) is 8.22. The topological polar surface area (TPSA) is 48.4 Å². The Balaban J connectivity index is 2.18. The van der Waals surface area contributed by atoms with Crippen LogP contribution in [0.2, 0.25) is 0 Å². The summed E-state index contributed by atoms with van der Waals surface area (Å²) in [7, 11) is 0. The maximum atomic E-state index is 11.4. The quantitative estimate of drug-likeness (QED) is 0.784. The molecule has 90 valence electrons. The van der Waals surface area contributed by atoms with E-state index in [0.717, 1.165) is 10.1 Å². The fourth-order valence-electron chi connectivity index (χ4n) is 1.44. The molecule has 0 radical (unpaired) electrons. The normalized spacial score (nSPS) is 12.4. The van der Waals surface area contributed by atoms with Crippen molar-refractivity contribution < 1.29 is 14.3 Å². The van der Waals surface area contributed by atoms with Crippen LogP contribution in [-0.2, 0) is 9.53 Å². The Kier molecular flexibility index (Phi) is 3.58. The van der Waals surface area contributed by atoms with Crippen molar-refractivity contribution in [3.8, 4) is 5.88 Å². The summed E-state index contributed by atoms with van der Waals surface area (Å²) in [6.07, 6.45) is 1.03. The van der Waals surface area contributed by atoms with Gasteiger partial charge in [-0.05, 0) is 31.4 Å². The van der Waals surface area contributed by atoms with Crippen molar-refractivity contribution in [2.45, 2.75) is 20.0 Å². The number of esters is 1. The molecule has 0 saturated carbocycles. The number of rotatable bonds is 4. The minimum Gasteiger partial charge on any atom is -0.463 e. The molecule has 2 rings (SSSR count). The molecule has 1 unspecified atom stereocenters. The Morgan fingerprint density at radius 1 is 1.53 bits per heavy atom. The number of aromatic nitrogens is 1. The van der Waals surface area contributed by atoms with Crippen LogP contribution in [0, 0.1) is 0 Å². The average Bonchev–Trinajstić information content (AvgIpc) is 2.78. The molecule has 2 heterocycles. The van der Waals surface area contributed by atoms with Crippen LogP contribution in [0.25, 0.3) is 10.1 Å². The van der Waals surface area contributed by atoms with Gasteiger partial charge in [-0.15, -0.1) is 11.3 Å². The third-order valence-corrected chi connectivity index (χ3v) is 3.13. The molecular weight excluding hydrogens is 238 g/mol. The molecular formula is C12H13NO3S. The van der Waals surface area contributed by atoms with Gasteiger partial charge in [0, 0.05) is 10.9 Å². The number of hydrogen-bond acceptors (Lipinski definition) is 5. The Hall–Kier alpha value is -1.62. The summed E-state index contributed by atoms with van der Waals surface area (Å²) in [6.45, 7) is 3.77. The lowest BCUT2D eigenvalue weighted by atomic mass is 10.3. The van der Waals surface area contributed by atoms with E-state index < -0.39 is 6.10 Å². The van der Waals surface area contributed by atoms with Gasteiger partial charge in [0.05, 0.1) is 12.0 Å². The second kappa shape index (κ2) is 5.14. The van der Waals surface area contributed by atoms with Crippen LogP contribution in [-0.4, -0.2) is 23.7 Å². The Bertz CT molecular complexity index is 523. The molecule has 0 aliphatic carbocycles. The number of nitrogens with zero attached hydrogens (tertiary/aromatic N) is 1. The summed E-state index contributed by atoms with van der Waals surface area (Å²) in [5, 5.41) is 2.89. The number of ether oxygens (including phenoxy) is 2. The van der Waals surface area contributed by atoms with E-state index in [9.17, 15) is 4.79 Å². The van der Waals surface area contributed by atoms with E-state index in [4.69, 9.17) is 9.47 Å². The molecule has 0 aliphatic heterocycles. The van der Waals surface area contributed by atoms with Gasteiger partial charge >= 0.3 is 5.97 Å². The Morgan fingerprint density at radius 3 is 3.12 bits per heavy atom. The van der Waals surface area contributed by atoms with E-state index in [1.54, 1.807) is 31.4 Å². The first kappa shape index (κ1) is 11.9. The average molecular weight is 251 g/mol. The standard InChI is InChI=1S/C12H13NO3S/c1-3-15-12(14)8(2)16-11-9-5-7-17-10(9)4-6-13-11/h4-8H,3H2,1-2H3. The molecule has 2 aromatic rings. The molecule has 17 heavy (non-hydrogen) atoms. The van der Waals surface area contributed by atoms with Crippen molar-refractivity contribution in [1.29, 1.82) is 0 Å². The summed E-state index contributed by atoms with van der Waals surface area (Å²) in [6, 6.07) is 3.85. The van der Waals surface area contributed by atoms with Gasteiger partial charge in [-0.3, -0.25) is 0 Å². The zero-order chi connectivity index (χ0) is 12.3. The molecule has 0 spiro atoms. The summed E-state index contributed by atoms with van der Waals surface area (Å²) in [4.78, 5) is 15.6. The van der Waals surface area contributed by atoms with Gasteiger partial charge in [0.25, 0.3) is 0 Å². The van der Waals surface area contributed by atoms with E-state index in [-0.39, 0.29) is 5.97 Å². The number of thiophene rings is 1. The zero-order valence-electron chi connectivity index (χ0n) is 9.67. The third-order valence-electron chi connectivity index (χ3n) is 2.25. The molecule has 1 atom stereocenters. The largest absolute Gasteiger partial charge is 0.463 e. The number of fused-ring (bicyclic) bond motifs is 1. The van der Waals surface area contributed by atoms with Gasteiger partial charge in [0.1, 0.15) is 0 Å². The number of pyridine rings is 1. The number of carbonyl (C=O) groups excluding carboxylic acids is 1. The highest BCUT2D eigenvalue weighted by Gasteiger charge is 2.17. The van der Waals surface area contributed by atoms with Crippen LogP contribution in [0.15, 0.2) is 23.7 Å². The van der Waals surface area contributed by atoms with Crippen molar-refractivity contribution >= 4 is 27.4 Å². The number of hydrogen-bond donors (Lipinski definition) is 0. The van der Waals surface area contributed by atoms with Crippen molar-refractivity contribution in [2.75, 3.05) is 6.61 Å². The lowest BCUT2D eigenvalue weighted by molar-refractivity contribution is -0.150. The van der Waals surface area contributed by atoms with Gasteiger partial charge in [0.2, 0.25) is 5.88 Å².